The molecule has 0 aromatic carbocycles. The van der Waals surface area contributed by atoms with E-state index in [2.05, 4.69) is 37.8 Å². The minimum Gasteiger partial charge on any atom is -0.397 e. The summed E-state index contributed by atoms with van der Waals surface area (Å²) in [6, 6.07) is 5.06. The van der Waals surface area contributed by atoms with Crippen molar-refractivity contribution < 1.29 is 8.78 Å². The van der Waals surface area contributed by atoms with Gasteiger partial charge >= 0.3 is 0 Å². The van der Waals surface area contributed by atoms with Gasteiger partial charge in [0, 0.05) is 42.0 Å². The van der Waals surface area contributed by atoms with E-state index in [9.17, 15) is 8.78 Å². The first-order valence-corrected chi connectivity index (χ1v) is 12.7. The lowest BCUT2D eigenvalue weighted by Gasteiger charge is -2.18. The summed E-state index contributed by atoms with van der Waals surface area (Å²) in [7, 11) is 1.95. The lowest BCUT2D eigenvalue weighted by Crippen LogP contribution is -2.33. The van der Waals surface area contributed by atoms with E-state index < -0.39 is 11.6 Å². The first-order valence-electron chi connectivity index (χ1n) is 12.7. The van der Waals surface area contributed by atoms with Gasteiger partial charge in [-0.1, -0.05) is 6.92 Å². The van der Waals surface area contributed by atoms with Crippen LogP contribution in [0.1, 0.15) is 61.1 Å². The molecule has 0 radical (unpaired) electrons. The molecule has 3 atom stereocenters. The number of aliphatic imine (C=N–C) groups is 1. The molecular formula is C27H32F2N8. The van der Waals surface area contributed by atoms with Crippen molar-refractivity contribution in [2.45, 2.75) is 56.5 Å². The van der Waals surface area contributed by atoms with Gasteiger partial charge in [-0.25, -0.2) is 18.7 Å². The van der Waals surface area contributed by atoms with Gasteiger partial charge in [0.1, 0.15) is 17.5 Å². The summed E-state index contributed by atoms with van der Waals surface area (Å²) < 4.78 is 27.2. The molecule has 2 aliphatic carbocycles. The van der Waals surface area contributed by atoms with Crippen LogP contribution in [0, 0.1) is 11.6 Å². The van der Waals surface area contributed by atoms with E-state index in [1.165, 1.54) is 0 Å². The van der Waals surface area contributed by atoms with E-state index in [4.69, 9.17) is 10.7 Å². The Labute approximate surface area is 215 Å². The number of nitrogen functional groups attached to an aromatic ring is 1. The van der Waals surface area contributed by atoms with E-state index >= 15 is 0 Å². The van der Waals surface area contributed by atoms with E-state index in [0.717, 1.165) is 60.5 Å². The first-order chi connectivity index (χ1) is 18.0. The molecule has 2 fully saturated rings. The van der Waals surface area contributed by atoms with E-state index in [1.54, 1.807) is 12.4 Å². The molecule has 2 aliphatic rings. The monoisotopic (exact) mass is 506 g/mol. The van der Waals surface area contributed by atoms with Gasteiger partial charge in [-0.2, -0.15) is 0 Å². The molecule has 37 heavy (non-hydrogen) atoms. The van der Waals surface area contributed by atoms with Crippen LogP contribution in [0.15, 0.2) is 48.0 Å². The zero-order chi connectivity index (χ0) is 25.9. The molecule has 3 unspecified atom stereocenters. The summed E-state index contributed by atoms with van der Waals surface area (Å²) in [4.78, 5) is 17.4. The Balaban J connectivity index is 1.35. The molecule has 3 aromatic rings. The van der Waals surface area contributed by atoms with Gasteiger partial charge < -0.3 is 21.7 Å². The van der Waals surface area contributed by atoms with Crippen molar-refractivity contribution in [1.82, 2.24) is 25.6 Å². The van der Waals surface area contributed by atoms with Crippen molar-refractivity contribution in [2.24, 2.45) is 4.99 Å². The highest BCUT2D eigenvalue weighted by Gasteiger charge is 2.40. The number of nitrogens with zero attached hydrogens (tertiary/aromatic N) is 4. The molecule has 8 nitrogen and oxygen atoms in total. The van der Waals surface area contributed by atoms with Gasteiger partial charge in [0.25, 0.3) is 0 Å². The van der Waals surface area contributed by atoms with Gasteiger partial charge in [0.2, 0.25) is 0 Å². The number of hydrogen-bond donors (Lipinski definition) is 4. The van der Waals surface area contributed by atoms with Crippen molar-refractivity contribution in [3.63, 3.8) is 0 Å². The standard InChI is InChI=1S/C27H32F2N8/c1-3-18(31-2)12-35-27(25-20(15-4-5-15)13-32-14-22(25)30)36-23-10-19(23)16-6-7-33-24(8-16)37-26-21(29)9-17(28)11-34-26/h6-9,11,13-15,18-19,23,31H,3-5,10,12,30H2,1-2H3,(H,35,36)(H,33,34,37). The number of hydrogen-bond acceptors (Lipinski definition) is 7. The van der Waals surface area contributed by atoms with Gasteiger partial charge in [-0.05, 0) is 61.9 Å². The highest BCUT2D eigenvalue weighted by Crippen LogP contribution is 2.44. The normalized spacial score (nSPS) is 19.9. The second-order valence-corrected chi connectivity index (χ2v) is 9.73. The SMILES string of the molecule is CCC(CN=C(NC1CC1c1ccnc(Nc2ncc(F)cc2F)c1)c1c(N)cncc1C1CC1)NC. The van der Waals surface area contributed by atoms with Gasteiger partial charge in [0.05, 0.1) is 24.6 Å². The fourth-order valence-electron chi connectivity index (χ4n) is 4.57. The molecule has 0 bridgehead atoms. The number of amidine groups is 1. The van der Waals surface area contributed by atoms with E-state index in [-0.39, 0.29) is 23.8 Å². The summed E-state index contributed by atoms with van der Waals surface area (Å²) in [5.41, 5.74) is 10.3. The van der Waals surface area contributed by atoms with E-state index in [0.29, 0.717) is 24.0 Å². The third kappa shape index (κ3) is 5.85. The second kappa shape index (κ2) is 10.8. The molecule has 3 aromatic heterocycles. The predicted molar refractivity (Wildman–Crippen MR) is 141 cm³/mol. The summed E-state index contributed by atoms with van der Waals surface area (Å²) in [6.07, 6.45) is 10.4. The van der Waals surface area contributed by atoms with Crippen molar-refractivity contribution in [3.8, 4) is 0 Å². The number of likely N-dealkylation sites (N-methyl/N-ethyl adjacent to an activating group) is 1. The van der Waals surface area contributed by atoms with Crippen LogP contribution in [-0.2, 0) is 0 Å². The number of nitrogens with two attached hydrogens (primary N) is 1. The number of pyridine rings is 3. The lowest BCUT2D eigenvalue weighted by atomic mass is 10.0. The smallest absolute Gasteiger partial charge is 0.168 e. The minimum absolute atomic E-state index is 0.0679. The Morgan fingerprint density at radius 2 is 2.03 bits per heavy atom. The summed E-state index contributed by atoms with van der Waals surface area (Å²) >= 11 is 0. The van der Waals surface area contributed by atoms with Gasteiger partial charge in [-0.15, -0.1) is 0 Å². The topological polar surface area (TPSA) is 113 Å². The minimum atomic E-state index is -0.771. The van der Waals surface area contributed by atoms with Crippen molar-refractivity contribution in [1.29, 1.82) is 0 Å². The molecule has 0 amide bonds. The van der Waals surface area contributed by atoms with Crippen molar-refractivity contribution in [2.75, 3.05) is 24.6 Å². The maximum atomic E-state index is 14.0. The number of anilines is 3. The summed E-state index contributed by atoms with van der Waals surface area (Å²) in [6.45, 7) is 2.78. The Kier molecular flexibility index (Phi) is 7.27. The Morgan fingerprint density at radius 1 is 1.19 bits per heavy atom. The quantitative estimate of drug-likeness (QED) is 0.240. The fraction of sp³-hybridized carbons (Fsp3) is 0.407. The zero-order valence-electron chi connectivity index (χ0n) is 21.0. The highest BCUT2D eigenvalue weighted by atomic mass is 19.1. The second-order valence-electron chi connectivity index (χ2n) is 9.73. The number of nitrogens with one attached hydrogen (secondary N) is 3. The first kappa shape index (κ1) is 25.0. The van der Waals surface area contributed by atoms with Crippen LogP contribution in [0.4, 0.5) is 26.1 Å². The summed E-state index contributed by atoms with van der Waals surface area (Å²) in [5, 5.41) is 9.83. The Bertz CT molecular complexity index is 1290. The molecule has 0 aliphatic heterocycles. The van der Waals surface area contributed by atoms with E-state index in [1.807, 2.05) is 25.4 Å². The maximum Gasteiger partial charge on any atom is 0.168 e. The molecule has 0 spiro atoms. The van der Waals surface area contributed by atoms with Crippen LogP contribution in [0.25, 0.3) is 0 Å². The maximum absolute atomic E-state index is 14.0. The van der Waals surface area contributed by atoms with Crippen LogP contribution in [0.5, 0.6) is 0 Å². The molecular weight excluding hydrogens is 474 g/mol. The largest absolute Gasteiger partial charge is 0.397 e. The fourth-order valence-corrected chi connectivity index (χ4v) is 4.57. The summed E-state index contributed by atoms with van der Waals surface area (Å²) in [5.74, 6) is 0.409. The average molecular weight is 507 g/mol. The zero-order valence-corrected chi connectivity index (χ0v) is 21.0. The molecule has 3 heterocycles. The molecule has 5 N–H and O–H groups in total. The number of rotatable bonds is 10. The van der Waals surface area contributed by atoms with Crippen LogP contribution in [0.2, 0.25) is 0 Å². The Morgan fingerprint density at radius 3 is 2.76 bits per heavy atom. The molecule has 0 saturated heterocycles. The molecule has 194 valence electrons. The third-order valence-corrected chi connectivity index (χ3v) is 7.01. The molecule has 2 saturated carbocycles. The highest BCUT2D eigenvalue weighted by molar-refractivity contribution is 6.05. The molecule has 5 rings (SSSR count). The number of aromatic nitrogens is 3. The van der Waals surface area contributed by atoms with Crippen molar-refractivity contribution in [3.05, 3.63) is 71.3 Å². The Hall–Kier alpha value is -3.66. The predicted octanol–water partition coefficient (Wildman–Crippen LogP) is 4.24. The van der Waals surface area contributed by atoms with Crippen LogP contribution in [-0.4, -0.2) is 46.5 Å². The van der Waals surface area contributed by atoms with Gasteiger partial charge in [0.15, 0.2) is 11.6 Å². The average Bonchev–Trinajstić information content (AvgIpc) is 3.81. The lowest BCUT2D eigenvalue weighted by molar-refractivity contribution is 0.555. The van der Waals surface area contributed by atoms with Crippen molar-refractivity contribution >= 4 is 23.2 Å². The van der Waals surface area contributed by atoms with Crippen LogP contribution in [0.3, 0.4) is 0 Å². The molecule has 10 heteroatoms. The van der Waals surface area contributed by atoms with Crippen LogP contribution >= 0.6 is 0 Å². The third-order valence-electron chi connectivity index (χ3n) is 7.01. The van der Waals surface area contributed by atoms with Gasteiger partial charge in [-0.3, -0.25) is 9.98 Å². The van der Waals surface area contributed by atoms with Crippen LogP contribution < -0.4 is 21.7 Å². The number of halogens is 2.